The topological polar surface area (TPSA) is 74.0 Å². The second-order valence-corrected chi connectivity index (χ2v) is 5.00. The van der Waals surface area contributed by atoms with E-state index in [4.69, 9.17) is 5.73 Å². The third-order valence-electron chi connectivity index (χ3n) is 3.09. The molecule has 0 saturated heterocycles. The Balaban J connectivity index is 2.06. The number of aromatic nitrogens is 5. The maximum absolute atomic E-state index is 5.85. The average Bonchev–Trinajstić information content (AvgIpc) is 3.11. The van der Waals surface area contributed by atoms with Gasteiger partial charge in [-0.1, -0.05) is 17.3 Å². The molecule has 7 heteroatoms. The number of benzene rings is 1. The van der Waals surface area contributed by atoms with Gasteiger partial charge in [-0.25, -0.2) is 0 Å². The molecule has 0 atom stereocenters. The molecular formula is C12H10N6S. The van der Waals surface area contributed by atoms with Crippen LogP contribution in [0.3, 0.4) is 0 Å². The summed E-state index contributed by atoms with van der Waals surface area (Å²) in [5.41, 5.74) is 8.57. The lowest BCUT2D eigenvalue weighted by Crippen LogP contribution is -2.07. The Bertz CT molecular complexity index is 871. The molecule has 0 aliphatic carbocycles. The normalized spacial score (nSPS) is 11.6. The van der Waals surface area contributed by atoms with E-state index in [2.05, 4.69) is 15.3 Å². The predicted molar refractivity (Wildman–Crippen MR) is 73.4 cm³/mol. The zero-order valence-electron chi connectivity index (χ0n) is 9.89. The van der Waals surface area contributed by atoms with Crippen LogP contribution in [0.5, 0.6) is 0 Å². The van der Waals surface area contributed by atoms with Gasteiger partial charge in [0.05, 0.1) is 11.2 Å². The Labute approximate surface area is 112 Å². The Hall–Kier alpha value is -2.25. The van der Waals surface area contributed by atoms with E-state index in [0.29, 0.717) is 6.54 Å². The van der Waals surface area contributed by atoms with Crippen molar-refractivity contribution in [2.24, 2.45) is 5.73 Å². The summed E-state index contributed by atoms with van der Waals surface area (Å²) in [6.45, 7) is 0.404. The second kappa shape index (κ2) is 3.87. The van der Waals surface area contributed by atoms with Crippen LogP contribution in [0.1, 0.15) is 5.69 Å². The predicted octanol–water partition coefficient (Wildman–Crippen LogP) is 1.59. The molecule has 0 spiro atoms. The monoisotopic (exact) mass is 270 g/mol. The Morgan fingerprint density at radius 3 is 3.05 bits per heavy atom. The average molecular weight is 270 g/mol. The van der Waals surface area contributed by atoms with Crippen LogP contribution in [0, 0.1) is 0 Å². The number of hydrogen-bond acceptors (Lipinski definition) is 5. The van der Waals surface area contributed by atoms with Crippen LogP contribution in [-0.4, -0.2) is 24.4 Å². The van der Waals surface area contributed by atoms with Crippen molar-refractivity contribution in [2.75, 3.05) is 0 Å². The minimum absolute atomic E-state index is 0.404. The lowest BCUT2D eigenvalue weighted by Gasteiger charge is -2.01. The van der Waals surface area contributed by atoms with Gasteiger partial charge in [-0.2, -0.15) is 9.67 Å². The molecule has 4 rings (SSSR count). The molecule has 3 heterocycles. The first-order chi connectivity index (χ1) is 9.38. The first kappa shape index (κ1) is 10.7. The molecule has 1 aromatic carbocycles. The summed E-state index contributed by atoms with van der Waals surface area (Å²) >= 11 is 1.58. The molecule has 0 aliphatic rings. The molecule has 6 nitrogen and oxygen atoms in total. The van der Waals surface area contributed by atoms with Gasteiger partial charge in [0.1, 0.15) is 5.52 Å². The van der Waals surface area contributed by atoms with Crippen LogP contribution in [0.15, 0.2) is 35.8 Å². The molecule has 0 radical (unpaired) electrons. The quantitative estimate of drug-likeness (QED) is 0.600. The van der Waals surface area contributed by atoms with Crippen molar-refractivity contribution >= 4 is 27.3 Å². The third kappa shape index (κ3) is 1.42. The molecule has 0 bridgehead atoms. The highest BCUT2D eigenvalue weighted by molar-refractivity contribution is 7.15. The summed E-state index contributed by atoms with van der Waals surface area (Å²) in [6.07, 6.45) is 1.97. The standard InChI is InChI=1S/C12H10N6S/c13-7-10-11(14-12-17(10)5-6-19-12)18-9-4-2-1-3-8(9)15-16-18/h1-6H,7,13H2. The van der Waals surface area contributed by atoms with Crippen molar-refractivity contribution in [2.45, 2.75) is 6.54 Å². The molecule has 2 N–H and O–H groups in total. The number of nitrogens with two attached hydrogens (primary N) is 1. The van der Waals surface area contributed by atoms with Crippen molar-refractivity contribution in [3.63, 3.8) is 0 Å². The molecule has 0 fully saturated rings. The number of nitrogens with zero attached hydrogens (tertiary/aromatic N) is 5. The molecule has 0 aliphatic heterocycles. The van der Waals surface area contributed by atoms with Gasteiger partial charge in [0.2, 0.25) is 0 Å². The van der Waals surface area contributed by atoms with Crippen LogP contribution in [0.25, 0.3) is 21.8 Å². The van der Waals surface area contributed by atoms with E-state index in [0.717, 1.165) is 27.5 Å². The van der Waals surface area contributed by atoms with Crippen LogP contribution in [-0.2, 0) is 6.54 Å². The maximum atomic E-state index is 5.85. The number of imidazole rings is 1. The van der Waals surface area contributed by atoms with Gasteiger partial charge in [0.25, 0.3) is 0 Å². The SMILES string of the molecule is NCc1c(-n2nnc3ccccc32)nc2sccn12. The van der Waals surface area contributed by atoms with Gasteiger partial charge in [0.15, 0.2) is 10.8 Å². The van der Waals surface area contributed by atoms with Crippen molar-refractivity contribution in [3.8, 4) is 5.82 Å². The highest BCUT2D eigenvalue weighted by Crippen LogP contribution is 2.22. The van der Waals surface area contributed by atoms with Crippen LogP contribution in [0.2, 0.25) is 0 Å². The van der Waals surface area contributed by atoms with Crippen LogP contribution < -0.4 is 5.73 Å². The van der Waals surface area contributed by atoms with E-state index < -0.39 is 0 Å². The number of thiazole rings is 1. The molecule has 0 saturated carbocycles. The van der Waals surface area contributed by atoms with Crippen molar-refractivity contribution in [3.05, 3.63) is 41.5 Å². The summed E-state index contributed by atoms with van der Waals surface area (Å²) in [6, 6.07) is 7.81. The molecular weight excluding hydrogens is 260 g/mol. The molecule has 0 unspecified atom stereocenters. The van der Waals surface area contributed by atoms with Gasteiger partial charge in [-0.3, -0.25) is 4.40 Å². The van der Waals surface area contributed by atoms with Gasteiger partial charge in [-0.15, -0.1) is 16.4 Å². The summed E-state index contributed by atoms with van der Waals surface area (Å²) in [4.78, 5) is 5.51. The fourth-order valence-electron chi connectivity index (χ4n) is 2.21. The third-order valence-corrected chi connectivity index (χ3v) is 3.84. The number of para-hydroxylation sites is 1. The largest absolute Gasteiger partial charge is 0.325 e. The van der Waals surface area contributed by atoms with Gasteiger partial charge < -0.3 is 5.73 Å². The van der Waals surface area contributed by atoms with E-state index >= 15 is 0 Å². The number of hydrogen-bond donors (Lipinski definition) is 1. The zero-order chi connectivity index (χ0) is 12.8. The number of fused-ring (bicyclic) bond motifs is 2. The summed E-state index contributed by atoms with van der Waals surface area (Å²) in [5, 5.41) is 10.3. The zero-order valence-corrected chi connectivity index (χ0v) is 10.7. The van der Waals surface area contributed by atoms with E-state index in [1.54, 1.807) is 16.0 Å². The number of rotatable bonds is 2. The first-order valence-electron chi connectivity index (χ1n) is 5.84. The Morgan fingerprint density at radius 2 is 2.16 bits per heavy atom. The molecule has 94 valence electrons. The summed E-state index contributed by atoms with van der Waals surface area (Å²) in [5.74, 6) is 0.753. The Kier molecular flexibility index (Phi) is 2.17. The van der Waals surface area contributed by atoms with Crippen molar-refractivity contribution in [1.29, 1.82) is 0 Å². The van der Waals surface area contributed by atoms with Crippen LogP contribution >= 0.6 is 11.3 Å². The molecule has 4 aromatic rings. The Morgan fingerprint density at radius 1 is 1.26 bits per heavy atom. The van der Waals surface area contributed by atoms with Gasteiger partial charge in [-0.05, 0) is 12.1 Å². The van der Waals surface area contributed by atoms with Crippen molar-refractivity contribution in [1.82, 2.24) is 24.4 Å². The fourth-order valence-corrected chi connectivity index (χ4v) is 2.93. The van der Waals surface area contributed by atoms with E-state index in [9.17, 15) is 0 Å². The summed E-state index contributed by atoms with van der Waals surface area (Å²) in [7, 11) is 0. The minimum Gasteiger partial charge on any atom is -0.325 e. The van der Waals surface area contributed by atoms with Gasteiger partial charge >= 0.3 is 0 Å². The first-order valence-corrected chi connectivity index (χ1v) is 6.72. The minimum atomic E-state index is 0.404. The highest BCUT2D eigenvalue weighted by Gasteiger charge is 2.16. The van der Waals surface area contributed by atoms with Crippen molar-refractivity contribution < 1.29 is 0 Å². The maximum Gasteiger partial charge on any atom is 0.196 e. The van der Waals surface area contributed by atoms with Crippen LogP contribution in [0.4, 0.5) is 0 Å². The fraction of sp³-hybridized carbons (Fsp3) is 0.0833. The van der Waals surface area contributed by atoms with Gasteiger partial charge in [0, 0.05) is 18.1 Å². The lowest BCUT2D eigenvalue weighted by atomic mass is 10.3. The second-order valence-electron chi connectivity index (χ2n) is 4.13. The molecule has 19 heavy (non-hydrogen) atoms. The smallest absolute Gasteiger partial charge is 0.196 e. The van der Waals surface area contributed by atoms with E-state index in [-0.39, 0.29) is 0 Å². The molecule has 3 aromatic heterocycles. The highest BCUT2D eigenvalue weighted by atomic mass is 32.1. The molecule has 0 amide bonds. The van der Waals surface area contributed by atoms with E-state index in [1.165, 1.54) is 0 Å². The summed E-state index contributed by atoms with van der Waals surface area (Å²) < 4.78 is 3.74. The van der Waals surface area contributed by atoms with E-state index in [1.807, 2.05) is 40.2 Å². The lowest BCUT2D eigenvalue weighted by molar-refractivity contribution is 0.789.